The summed E-state index contributed by atoms with van der Waals surface area (Å²) in [5.41, 5.74) is 0.0975. The number of hydrogen-bond acceptors (Lipinski definition) is 3. The lowest BCUT2D eigenvalue weighted by atomic mass is 9.64. The van der Waals surface area contributed by atoms with E-state index >= 15 is 0 Å². The third-order valence-electron chi connectivity index (χ3n) is 3.29. The molecule has 12 heavy (non-hydrogen) atoms. The molecule has 0 bridgehead atoms. The van der Waals surface area contributed by atoms with E-state index in [-0.39, 0.29) is 11.5 Å². The van der Waals surface area contributed by atoms with E-state index in [2.05, 4.69) is 19.2 Å². The van der Waals surface area contributed by atoms with Crippen LogP contribution in [0.2, 0.25) is 0 Å². The highest BCUT2D eigenvalue weighted by Gasteiger charge is 2.48. The maximum Gasteiger partial charge on any atom is 0.0621 e. The fourth-order valence-corrected chi connectivity index (χ4v) is 2.47. The van der Waals surface area contributed by atoms with Crippen molar-refractivity contribution in [2.75, 3.05) is 11.5 Å². The van der Waals surface area contributed by atoms with Gasteiger partial charge in [0.25, 0.3) is 0 Å². The van der Waals surface area contributed by atoms with Gasteiger partial charge in [-0.05, 0) is 6.42 Å². The Morgan fingerprint density at radius 1 is 1.42 bits per heavy atom. The molecule has 2 nitrogen and oxygen atoms in total. The molecule has 1 saturated heterocycles. The van der Waals surface area contributed by atoms with Gasteiger partial charge in [0, 0.05) is 29.0 Å². The maximum atomic E-state index is 9.50. The predicted molar refractivity (Wildman–Crippen MR) is 52.4 cm³/mol. The van der Waals surface area contributed by atoms with Crippen molar-refractivity contribution in [3.05, 3.63) is 0 Å². The second-order valence-electron chi connectivity index (χ2n) is 4.53. The van der Waals surface area contributed by atoms with E-state index in [9.17, 15) is 5.11 Å². The lowest BCUT2D eigenvalue weighted by molar-refractivity contribution is -0.0747. The molecular formula is C9H17NOS. The number of aliphatic hydroxyl groups is 1. The second kappa shape index (κ2) is 2.89. The zero-order chi connectivity index (χ0) is 8.77. The summed E-state index contributed by atoms with van der Waals surface area (Å²) in [5.74, 6) is 2.51. The Morgan fingerprint density at radius 3 is 2.42 bits per heavy atom. The standard InChI is InChI=1S/C9H17NOS/c1-9(2)7(3-8(9)11)10-6-4-12-5-6/h6-8,10-11H,3-5H2,1-2H3. The summed E-state index contributed by atoms with van der Waals surface area (Å²) in [6.45, 7) is 4.29. The van der Waals surface area contributed by atoms with Gasteiger partial charge in [-0.15, -0.1) is 0 Å². The number of aliphatic hydroxyl groups excluding tert-OH is 1. The topological polar surface area (TPSA) is 32.3 Å². The third kappa shape index (κ3) is 1.28. The smallest absolute Gasteiger partial charge is 0.0621 e. The van der Waals surface area contributed by atoms with E-state index in [0.29, 0.717) is 12.1 Å². The van der Waals surface area contributed by atoms with Crippen LogP contribution in [0, 0.1) is 5.41 Å². The average molecular weight is 187 g/mol. The van der Waals surface area contributed by atoms with E-state index < -0.39 is 0 Å². The Labute approximate surface area is 78.1 Å². The van der Waals surface area contributed by atoms with Gasteiger partial charge >= 0.3 is 0 Å². The molecule has 1 aliphatic carbocycles. The lowest BCUT2D eigenvalue weighted by Crippen LogP contribution is -2.63. The first-order chi connectivity index (χ1) is 5.60. The Bertz CT molecular complexity index is 179. The molecule has 2 aliphatic rings. The van der Waals surface area contributed by atoms with Crippen molar-refractivity contribution in [3.8, 4) is 0 Å². The van der Waals surface area contributed by atoms with Crippen LogP contribution in [0.15, 0.2) is 0 Å². The molecule has 2 fully saturated rings. The quantitative estimate of drug-likeness (QED) is 0.672. The molecule has 0 spiro atoms. The molecule has 1 aliphatic heterocycles. The molecule has 0 aromatic rings. The van der Waals surface area contributed by atoms with Crippen LogP contribution in [-0.4, -0.2) is 34.8 Å². The zero-order valence-corrected chi connectivity index (χ0v) is 8.53. The van der Waals surface area contributed by atoms with Crippen LogP contribution in [0.4, 0.5) is 0 Å². The summed E-state index contributed by atoms with van der Waals surface area (Å²) in [5, 5.41) is 13.1. The molecule has 1 saturated carbocycles. The first-order valence-corrected chi connectivity index (χ1v) is 5.78. The predicted octanol–water partition coefficient (Wildman–Crippen LogP) is 0.851. The average Bonchev–Trinajstić information content (AvgIpc) is 1.93. The van der Waals surface area contributed by atoms with E-state index in [0.717, 1.165) is 6.42 Å². The van der Waals surface area contributed by atoms with Crippen molar-refractivity contribution in [2.45, 2.75) is 38.5 Å². The second-order valence-corrected chi connectivity index (χ2v) is 5.60. The van der Waals surface area contributed by atoms with E-state index in [1.54, 1.807) is 0 Å². The molecular weight excluding hydrogens is 170 g/mol. The summed E-state index contributed by atoms with van der Waals surface area (Å²) >= 11 is 2.00. The summed E-state index contributed by atoms with van der Waals surface area (Å²) in [7, 11) is 0. The van der Waals surface area contributed by atoms with Crippen molar-refractivity contribution < 1.29 is 5.11 Å². The Hall–Kier alpha value is 0.270. The molecule has 2 atom stereocenters. The van der Waals surface area contributed by atoms with Gasteiger partial charge in [-0.3, -0.25) is 0 Å². The van der Waals surface area contributed by atoms with Gasteiger partial charge in [-0.25, -0.2) is 0 Å². The Balaban J connectivity index is 1.82. The zero-order valence-electron chi connectivity index (χ0n) is 7.71. The van der Waals surface area contributed by atoms with Crippen LogP contribution in [0.25, 0.3) is 0 Å². The van der Waals surface area contributed by atoms with E-state index in [1.807, 2.05) is 11.8 Å². The van der Waals surface area contributed by atoms with Gasteiger partial charge in [-0.1, -0.05) is 13.8 Å². The Morgan fingerprint density at radius 2 is 2.08 bits per heavy atom. The van der Waals surface area contributed by atoms with Crippen LogP contribution < -0.4 is 5.32 Å². The molecule has 3 heteroatoms. The van der Waals surface area contributed by atoms with Crippen LogP contribution in [-0.2, 0) is 0 Å². The molecule has 2 N–H and O–H groups in total. The van der Waals surface area contributed by atoms with Crippen molar-refractivity contribution in [2.24, 2.45) is 5.41 Å². The molecule has 2 unspecified atom stereocenters. The van der Waals surface area contributed by atoms with Gasteiger partial charge < -0.3 is 10.4 Å². The van der Waals surface area contributed by atoms with Crippen LogP contribution in [0.5, 0.6) is 0 Å². The van der Waals surface area contributed by atoms with Gasteiger partial charge in [0.2, 0.25) is 0 Å². The largest absolute Gasteiger partial charge is 0.392 e. The molecule has 0 amide bonds. The van der Waals surface area contributed by atoms with E-state index in [1.165, 1.54) is 11.5 Å². The molecule has 0 aromatic carbocycles. The highest BCUT2D eigenvalue weighted by Crippen LogP contribution is 2.41. The van der Waals surface area contributed by atoms with Crippen molar-refractivity contribution in [1.82, 2.24) is 5.32 Å². The summed E-state index contributed by atoms with van der Waals surface area (Å²) in [6.07, 6.45) is 0.844. The highest BCUT2D eigenvalue weighted by molar-refractivity contribution is 8.00. The van der Waals surface area contributed by atoms with Gasteiger partial charge in [0.05, 0.1) is 6.10 Å². The minimum absolute atomic E-state index is 0.0947. The summed E-state index contributed by atoms with van der Waals surface area (Å²) in [6, 6.07) is 1.25. The normalized spacial score (nSPS) is 40.2. The van der Waals surface area contributed by atoms with Gasteiger partial charge in [0.1, 0.15) is 0 Å². The minimum Gasteiger partial charge on any atom is -0.392 e. The number of rotatable bonds is 2. The van der Waals surface area contributed by atoms with Gasteiger partial charge in [0.15, 0.2) is 0 Å². The summed E-state index contributed by atoms with van der Waals surface area (Å²) in [4.78, 5) is 0. The first-order valence-electron chi connectivity index (χ1n) is 4.62. The van der Waals surface area contributed by atoms with Crippen molar-refractivity contribution >= 4 is 11.8 Å². The highest BCUT2D eigenvalue weighted by atomic mass is 32.2. The Kier molecular flexibility index (Phi) is 2.13. The van der Waals surface area contributed by atoms with Gasteiger partial charge in [-0.2, -0.15) is 11.8 Å². The number of thioether (sulfide) groups is 1. The lowest BCUT2D eigenvalue weighted by Gasteiger charge is -2.51. The third-order valence-corrected chi connectivity index (χ3v) is 4.57. The number of hydrogen-bond donors (Lipinski definition) is 2. The molecule has 2 rings (SSSR count). The van der Waals surface area contributed by atoms with Crippen LogP contribution in [0.1, 0.15) is 20.3 Å². The molecule has 0 radical (unpaired) electrons. The molecule has 1 heterocycles. The van der Waals surface area contributed by atoms with Crippen LogP contribution >= 0.6 is 11.8 Å². The maximum absolute atomic E-state index is 9.50. The fraction of sp³-hybridized carbons (Fsp3) is 1.00. The van der Waals surface area contributed by atoms with Crippen LogP contribution in [0.3, 0.4) is 0 Å². The number of nitrogens with one attached hydrogen (secondary N) is 1. The first kappa shape index (κ1) is 8.85. The summed E-state index contributed by atoms with van der Waals surface area (Å²) < 4.78 is 0. The van der Waals surface area contributed by atoms with E-state index in [4.69, 9.17) is 0 Å². The fourth-order valence-electron chi connectivity index (χ4n) is 1.80. The molecule has 70 valence electrons. The SMILES string of the molecule is CC1(C)C(O)CC1NC1CSC1. The minimum atomic E-state index is -0.0947. The van der Waals surface area contributed by atoms with Crippen molar-refractivity contribution in [3.63, 3.8) is 0 Å². The molecule has 0 aromatic heterocycles. The van der Waals surface area contributed by atoms with Crippen molar-refractivity contribution in [1.29, 1.82) is 0 Å². The monoisotopic (exact) mass is 187 g/mol.